The van der Waals surface area contributed by atoms with E-state index in [0.717, 1.165) is 24.8 Å². The normalized spacial score (nSPS) is 34.6. The highest BCUT2D eigenvalue weighted by atomic mass is 28.4. The fourth-order valence-corrected chi connectivity index (χ4v) is 12.2. The van der Waals surface area contributed by atoms with Crippen LogP contribution in [0.1, 0.15) is 153 Å². The van der Waals surface area contributed by atoms with Crippen LogP contribution in [0.3, 0.4) is 0 Å². The second kappa shape index (κ2) is 29.9. The van der Waals surface area contributed by atoms with Crippen molar-refractivity contribution in [3.05, 3.63) is 47.6 Å². The average Bonchev–Trinajstić information content (AvgIpc) is 3.37. The number of hydrogen-bond donors (Lipinski definition) is 2. The molecule has 2 N–H and O–H groups in total. The van der Waals surface area contributed by atoms with Gasteiger partial charge in [-0.25, -0.2) is 4.79 Å². The standard InChI is InChI=1S/C60H99NO14Si/c1-38-22-17-16-18-23-39(2)50(69-11)36-46-27-25-44(7)60(68,75-46)56(65)57(66)61-29-20-19-24-47(61)58(67)74-51(37-48(62)40(3)33-43(6)54(64)55(71-13)53(63)42(5)32-38)41(4)34-45-26-28-49(52(35-45)70-12)72-30-21-31-73-76(14,15)59(8,9)10/h16-18,22-23,33,38,40-42,44-47,49-52,54-55,64,68H,19-21,24-32,34-37H2,1-15H3/t38?,40?,41-,42?,44?,45+,46?,47?,49-,50?,51?,52-,54?,55?,60?/m1/s1. The predicted octanol–water partition coefficient (Wildman–Crippen LogP) is 9.62. The van der Waals surface area contributed by atoms with Gasteiger partial charge in [-0.15, -0.1) is 0 Å². The molecule has 15 nitrogen and oxygen atoms in total. The van der Waals surface area contributed by atoms with E-state index < -0.39 is 86.1 Å². The number of rotatable bonds is 12. The van der Waals surface area contributed by atoms with Gasteiger partial charge in [0, 0.05) is 71.7 Å². The quantitative estimate of drug-likeness (QED) is 0.0617. The number of ketones is 3. The first-order valence-corrected chi connectivity index (χ1v) is 31.3. The number of methoxy groups -OCH3 is 3. The van der Waals surface area contributed by atoms with Crippen LogP contribution in [0.15, 0.2) is 47.6 Å². The maximum atomic E-state index is 14.6. The summed E-state index contributed by atoms with van der Waals surface area (Å²) in [6.45, 7) is 25.3. The number of hydrogen-bond acceptors (Lipinski definition) is 14. The van der Waals surface area contributed by atoms with Crippen LogP contribution in [-0.4, -0.2) is 148 Å². The molecule has 3 heterocycles. The van der Waals surface area contributed by atoms with Gasteiger partial charge in [-0.1, -0.05) is 91.8 Å². The number of Topliss-reactive ketones (excluding diaryl/α,β-unsaturated/α-hetero) is 3. The molecule has 3 aliphatic heterocycles. The highest BCUT2D eigenvalue weighted by molar-refractivity contribution is 6.74. The summed E-state index contributed by atoms with van der Waals surface area (Å²) in [7, 11) is 2.81. The van der Waals surface area contributed by atoms with Crippen LogP contribution >= 0.6 is 0 Å². The number of piperidine rings is 1. The van der Waals surface area contributed by atoms with E-state index in [4.69, 9.17) is 32.8 Å². The number of allylic oxidation sites excluding steroid dienone is 6. The molecule has 0 aromatic rings. The van der Waals surface area contributed by atoms with E-state index >= 15 is 0 Å². The number of esters is 1. The van der Waals surface area contributed by atoms with Gasteiger partial charge in [0.15, 0.2) is 14.1 Å². The van der Waals surface area contributed by atoms with Crippen LogP contribution < -0.4 is 0 Å². The summed E-state index contributed by atoms with van der Waals surface area (Å²) in [5.74, 6) is -7.85. The van der Waals surface area contributed by atoms with Gasteiger partial charge in [0.25, 0.3) is 11.7 Å². The van der Waals surface area contributed by atoms with Crippen LogP contribution in [0.25, 0.3) is 0 Å². The second-order valence-corrected chi connectivity index (χ2v) is 29.2. The Morgan fingerprint density at radius 3 is 2.21 bits per heavy atom. The van der Waals surface area contributed by atoms with Crippen LogP contribution in [0.4, 0.5) is 0 Å². The molecular weight excluding hydrogens is 987 g/mol. The van der Waals surface area contributed by atoms with Crippen molar-refractivity contribution in [2.45, 2.75) is 225 Å². The zero-order valence-corrected chi connectivity index (χ0v) is 50.1. The molecule has 4 rings (SSSR count). The van der Waals surface area contributed by atoms with Gasteiger partial charge in [0.2, 0.25) is 5.79 Å². The second-order valence-electron chi connectivity index (χ2n) is 24.4. The van der Waals surface area contributed by atoms with E-state index in [1.165, 1.54) is 12.0 Å². The van der Waals surface area contributed by atoms with Gasteiger partial charge < -0.3 is 48.0 Å². The summed E-state index contributed by atoms with van der Waals surface area (Å²) in [6.07, 6.45) is 13.3. The number of aliphatic hydroxyl groups is 2. The van der Waals surface area contributed by atoms with Gasteiger partial charge >= 0.3 is 5.97 Å². The third-order valence-electron chi connectivity index (χ3n) is 17.3. The number of cyclic esters (lactones) is 1. The fraction of sp³-hybridized carbons (Fsp3) is 0.783. The minimum Gasteiger partial charge on any atom is -0.460 e. The molecule has 0 radical (unpaired) electrons. The predicted molar refractivity (Wildman–Crippen MR) is 297 cm³/mol. The van der Waals surface area contributed by atoms with Gasteiger partial charge in [0.05, 0.1) is 24.4 Å². The molecule has 2 bridgehead atoms. The maximum absolute atomic E-state index is 14.6. The fourth-order valence-electron chi connectivity index (χ4n) is 11.1. The Bertz CT molecular complexity index is 2040. The zero-order valence-electron chi connectivity index (χ0n) is 49.1. The number of carbonyl (C=O) groups is 5. The Morgan fingerprint density at radius 2 is 1.55 bits per heavy atom. The van der Waals surface area contributed by atoms with Crippen molar-refractivity contribution in [3.8, 4) is 0 Å². The maximum Gasteiger partial charge on any atom is 0.329 e. The molecule has 4 aliphatic rings. The minimum absolute atomic E-state index is 0.0172. The number of carbonyl (C=O) groups excluding carboxylic acids is 5. The van der Waals surface area contributed by atoms with E-state index in [9.17, 15) is 34.2 Å². The molecular formula is C60H99NO14Si. The summed E-state index contributed by atoms with van der Waals surface area (Å²) >= 11 is 0. The van der Waals surface area contributed by atoms with Crippen LogP contribution in [0.2, 0.25) is 18.1 Å². The molecule has 0 aromatic heterocycles. The van der Waals surface area contributed by atoms with Gasteiger partial charge in [-0.3, -0.25) is 19.2 Å². The Kier molecular flexibility index (Phi) is 25.7. The van der Waals surface area contributed by atoms with Crippen molar-refractivity contribution in [1.82, 2.24) is 4.90 Å². The molecule has 1 saturated carbocycles. The van der Waals surface area contributed by atoms with E-state index in [1.54, 1.807) is 41.1 Å². The topological polar surface area (TPSA) is 194 Å². The van der Waals surface area contributed by atoms with Gasteiger partial charge in [0.1, 0.15) is 30.1 Å². The molecule has 432 valence electrons. The molecule has 0 spiro atoms. The molecule has 1 amide bonds. The minimum atomic E-state index is -2.43. The highest BCUT2D eigenvalue weighted by Gasteiger charge is 2.53. The Morgan fingerprint density at radius 1 is 0.842 bits per heavy atom. The Hall–Kier alpha value is -3.19. The average molecular weight is 1090 g/mol. The molecule has 15 atom stereocenters. The number of amides is 1. The monoisotopic (exact) mass is 1090 g/mol. The number of fused-ring (bicyclic) bond motifs is 3. The van der Waals surface area contributed by atoms with Gasteiger partial charge in [-0.05, 0) is 132 Å². The third kappa shape index (κ3) is 17.9. The molecule has 2 saturated heterocycles. The van der Waals surface area contributed by atoms with E-state index in [0.29, 0.717) is 70.2 Å². The SMILES string of the molecule is COC1CC2CCC(C)C(O)(O2)C(=O)C(=O)N2CCCCC2C(=O)OC([C@H](C)C[C@@H]2CC[C@@H](OCCCO[Si](C)(C)C(C)(C)C)[C@H](OC)C2)CC(=O)C(C)C=C(C)C(O)C(OC)C(=O)C(C)CC(C)C=CC=CC=C1C. The van der Waals surface area contributed by atoms with E-state index in [2.05, 4.69) is 33.9 Å². The summed E-state index contributed by atoms with van der Waals surface area (Å²) in [5, 5.41) is 23.7. The van der Waals surface area contributed by atoms with Crippen molar-refractivity contribution in [1.29, 1.82) is 0 Å². The number of aliphatic hydroxyl groups excluding tert-OH is 1. The van der Waals surface area contributed by atoms with Crippen LogP contribution in [0.5, 0.6) is 0 Å². The number of nitrogens with zero attached hydrogens (tertiary/aromatic N) is 1. The summed E-state index contributed by atoms with van der Waals surface area (Å²) < 4.78 is 42.9. The molecule has 11 unspecified atom stereocenters. The summed E-state index contributed by atoms with van der Waals surface area (Å²) in [6, 6.07) is -1.14. The smallest absolute Gasteiger partial charge is 0.329 e. The first-order valence-electron chi connectivity index (χ1n) is 28.4. The van der Waals surface area contributed by atoms with E-state index in [1.807, 2.05) is 58.1 Å². The highest BCUT2D eigenvalue weighted by Crippen LogP contribution is 2.39. The Balaban J connectivity index is 1.64. The lowest BCUT2D eigenvalue weighted by molar-refractivity contribution is -0.265. The van der Waals surface area contributed by atoms with Crippen LogP contribution in [-0.2, 0) is 56.8 Å². The third-order valence-corrected chi connectivity index (χ3v) is 21.9. The number of ether oxygens (including phenoxy) is 6. The molecule has 3 fully saturated rings. The summed E-state index contributed by atoms with van der Waals surface area (Å²) in [4.78, 5) is 72.8. The molecule has 0 aromatic carbocycles. The Labute approximate surface area is 457 Å². The lowest BCUT2D eigenvalue weighted by Gasteiger charge is -2.42. The van der Waals surface area contributed by atoms with Crippen molar-refractivity contribution in [3.63, 3.8) is 0 Å². The lowest BCUT2D eigenvalue weighted by Crippen LogP contribution is -2.61. The van der Waals surface area contributed by atoms with Gasteiger partial charge in [-0.2, -0.15) is 0 Å². The van der Waals surface area contributed by atoms with Crippen molar-refractivity contribution in [2.75, 3.05) is 41.1 Å². The molecule has 16 heteroatoms. The summed E-state index contributed by atoms with van der Waals surface area (Å²) in [5.41, 5.74) is 1.28. The van der Waals surface area contributed by atoms with E-state index in [-0.39, 0.29) is 66.0 Å². The lowest BCUT2D eigenvalue weighted by atomic mass is 9.78. The largest absolute Gasteiger partial charge is 0.460 e. The van der Waals surface area contributed by atoms with Crippen molar-refractivity contribution >= 4 is 37.5 Å². The first-order chi connectivity index (χ1) is 35.7. The first kappa shape index (κ1) is 65.3. The molecule has 1 aliphatic carbocycles. The van der Waals surface area contributed by atoms with Crippen molar-refractivity contribution in [2.24, 2.45) is 35.5 Å². The molecule has 76 heavy (non-hydrogen) atoms. The zero-order chi connectivity index (χ0) is 56.7. The van der Waals surface area contributed by atoms with Crippen molar-refractivity contribution < 1.29 is 67.0 Å². The van der Waals surface area contributed by atoms with Crippen LogP contribution in [0, 0.1) is 35.5 Å².